The summed E-state index contributed by atoms with van der Waals surface area (Å²) in [5.41, 5.74) is 15.8. The lowest BCUT2D eigenvalue weighted by molar-refractivity contribution is 0.0812. The number of rotatable bonds is 5. The van der Waals surface area contributed by atoms with Crippen molar-refractivity contribution in [3.8, 4) is 0 Å². The van der Waals surface area contributed by atoms with Gasteiger partial charge in [-0.2, -0.15) is 0 Å². The summed E-state index contributed by atoms with van der Waals surface area (Å²) in [4.78, 5) is 2.69. The van der Waals surface area contributed by atoms with E-state index in [-0.39, 0.29) is 17.4 Å². The van der Waals surface area contributed by atoms with E-state index in [1.165, 1.54) is 72.4 Å². The van der Waals surface area contributed by atoms with E-state index in [0.29, 0.717) is 12.1 Å². The Morgan fingerprint density at radius 1 is 0.690 bits per heavy atom. The number of hydrogen-bond acceptors (Lipinski definition) is 2. The maximum Gasteiger partial charge on any atom is 0.126 e. The lowest BCUT2D eigenvalue weighted by Crippen LogP contribution is -2.51. The van der Waals surface area contributed by atoms with Crippen LogP contribution in [0.15, 0.2) is 161 Å². The van der Waals surface area contributed by atoms with Crippen LogP contribution in [0.1, 0.15) is 93.0 Å². The minimum Gasteiger partial charge on any atom is -0.490 e. The van der Waals surface area contributed by atoms with Gasteiger partial charge in [0.1, 0.15) is 11.9 Å². The number of benzene rings is 1. The van der Waals surface area contributed by atoms with Crippen molar-refractivity contribution in [1.82, 2.24) is 9.47 Å². The zero-order valence-corrected chi connectivity index (χ0v) is 33.5. The van der Waals surface area contributed by atoms with Crippen LogP contribution in [0.25, 0.3) is 29.5 Å². The Bertz CT molecular complexity index is 2680. The molecule has 5 atom stereocenters. The standard InChI is InChI=1S/C55H52N2O/c1-3-15-39(16-4-1)56(40-17-5-2-6-18-40)41-31-27-37(28-32-41)38-29-33-42(34-30-38)57-51-25-13-9-21-45(51)46-35-50-54(36-52(46)57)58-53-26-14-12-24-49(53)55(50)47-22-10-7-19-43(47)44-20-8-11-23-48(44)55/h1-5,7,10-13,15,17,19,22-25,27-29,31,33,35-36,39,41,50,54H,6,8-9,14,16,18,20-21,26,30,32,34H2. The summed E-state index contributed by atoms with van der Waals surface area (Å²) in [5, 5.41) is 2.78. The van der Waals surface area contributed by atoms with Crippen LogP contribution in [0.4, 0.5) is 0 Å². The molecule has 0 radical (unpaired) electrons. The van der Waals surface area contributed by atoms with Gasteiger partial charge in [0.15, 0.2) is 0 Å². The Labute approximate surface area is 343 Å². The molecule has 58 heavy (non-hydrogen) atoms. The third-order valence-corrected chi connectivity index (χ3v) is 14.7. The first-order chi connectivity index (χ1) is 28.8. The Hall–Kier alpha value is -5.54. The van der Waals surface area contributed by atoms with E-state index in [1.54, 1.807) is 5.57 Å². The van der Waals surface area contributed by atoms with Crippen LogP contribution in [-0.4, -0.2) is 27.7 Å². The van der Waals surface area contributed by atoms with E-state index in [4.69, 9.17) is 4.74 Å². The molecule has 0 saturated heterocycles. The second kappa shape index (κ2) is 13.8. The number of allylic oxidation sites excluding steroid dienone is 21. The van der Waals surface area contributed by atoms with Crippen molar-refractivity contribution in [1.29, 1.82) is 0 Å². The molecule has 2 aromatic rings. The first-order valence-corrected chi connectivity index (χ1v) is 22.2. The van der Waals surface area contributed by atoms with E-state index < -0.39 is 0 Å². The van der Waals surface area contributed by atoms with Crippen LogP contribution in [0.3, 0.4) is 0 Å². The van der Waals surface area contributed by atoms with E-state index in [0.717, 1.165) is 77.0 Å². The Morgan fingerprint density at radius 3 is 2.40 bits per heavy atom. The molecule has 12 rings (SSSR count). The van der Waals surface area contributed by atoms with Gasteiger partial charge in [-0.25, -0.2) is 0 Å². The van der Waals surface area contributed by atoms with Crippen LogP contribution < -0.4 is 10.6 Å². The fraction of sp³-hybridized carbons (Fsp3) is 0.309. The van der Waals surface area contributed by atoms with Crippen LogP contribution in [0.5, 0.6) is 0 Å². The quantitative estimate of drug-likeness (QED) is 0.302. The molecule has 1 aromatic heterocycles. The molecular weight excluding hydrogens is 705 g/mol. The minimum atomic E-state index is -0.237. The summed E-state index contributed by atoms with van der Waals surface area (Å²) >= 11 is 0. The van der Waals surface area contributed by atoms with Crippen molar-refractivity contribution in [2.75, 3.05) is 0 Å². The monoisotopic (exact) mass is 756 g/mol. The molecule has 3 heteroatoms. The van der Waals surface area contributed by atoms with Crippen molar-refractivity contribution in [3.63, 3.8) is 0 Å². The molecule has 0 bridgehead atoms. The van der Waals surface area contributed by atoms with Gasteiger partial charge in [-0.3, -0.25) is 0 Å². The Kier molecular flexibility index (Phi) is 8.20. The third-order valence-electron chi connectivity index (χ3n) is 14.7. The molecule has 2 heterocycles. The Balaban J connectivity index is 0.919. The van der Waals surface area contributed by atoms with Gasteiger partial charge in [-0.15, -0.1) is 0 Å². The number of ether oxygens (including phenoxy) is 1. The molecule has 3 nitrogen and oxygen atoms in total. The normalized spacial score (nSPS) is 29.5. The summed E-state index contributed by atoms with van der Waals surface area (Å²) in [6.45, 7) is 0. The molecule has 1 aliphatic heterocycles. The van der Waals surface area contributed by atoms with Gasteiger partial charge >= 0.3 is 0 Å². The SMILES string of the molecule is C1=CCCC(N(C2C=CC=CC2)C2C=CC(C3=CC=C(n4c5c(c6c4=CC4OC7=C(C=CCC7)C7(C8=C(CCC=C8)c8ccccc87)C4C=6)CCC=C5)CC3)=CC2)=C1. The molecule has 1 aromatic carbocycles. The van der Waals surface area contributed by atoms with Gasteiger partial charge in [0, 0.05) is 40.2 Å². The molecule has 288 valence electrons. The largest absolute Gasteiger partial charge is 0.490 e. The zero-order chi connectivity index (χ0) is 38.2. The highest BCUT2D eigenvalue weighted by Gasteiger charge is 2.57. The maximum atomic E-state index is 7.21. The summed E-state index contributed by atoms with van der Waals surface area (Å²) in [6, 6.07) is 10.1. The second-order valence-corrected chi connectivity index (χ2v) is 17.7. The molecule has 10 aliphatic rings. The summed E-state index contributed by atoms with van der Waals surface area (Å²) < 4.78 is 9.82. The van der Waals surface area contributed by atoms with Gasteiger partial charge in [-0.1, -0.05) is 121 Å². The number of hydrogen-bond donors (Lipinski definition) is 0. The van der Waals surface area contributed by atoms with E-state index in [2.05, 4.69) is 155 Å². The average Bonchev–Trinajstić information content (AvgIpc) is 3.77. The molecule has 0 fully saturated rings. The van der Waals surface area contributed by atoms with Gasteiger partial charge in [0.25, 0.3) is 0 Å². The van der Waals surface area contributed by atoms with Crippen molar-refractivity contribution >= 4 is 29.5 Å². The van der Waals surface area contributed by atoms with Crippen LogP contribution >= 0.6 is 0 Å². The van der Waals surface area contributed by atoms with E-state index in [9.17, 15) is 0 Å². The van der Waals surface area contributed by atoms with E-state index in [1.807, 2.05) is 0 Å². The predicted octanol–water partition coefficient (Wildman–Crippen LogP) is 10.9. The Morgan fingerprint density at radius 2 is 1.55 bits per heavy atom. The van der Waals surface area contributed by atoms with Crippen molar-refractivity contribution in [2.24, 2.45) is 5.92 Å². The highest BCUT2D eigenvalue weighted by atomic mass is 16.5. The van der Waals surface area contributed by atoms with Crippen LogP contribution in [0, 0.1) is 5.92 Å². The predicted molar refractivity (Wildman–Crippen MR) is 239 cm³/mol. The number of nitrogens with zero attached hydrogens (tertiary/aromatic N) is 2. The second-order valence-electron chi connectivity index (χ2n) is 17.7. The molecule has 0 N–H and O–H groups in total. The molecule has 1 spiro atoms. The summed E-state index contributed by atoms with van der Waals surface area (Å²) in [6.07, 6.45) is 60.8. The average molecular weight is 757 g/mol. The summed E-state index contributed by atoms with van der Waals surface area (Å²) in [5.74, 6) is 1.38. The third kappa shape index (κ3) is 5.17. The highest BCUT2D eigenvalue weighted by Crippen LogP contribution is 2.62. The van der Waals surface area contributed by atoms with Gasteiger partial charge < -0.3 is 14.2 Å². The molecule has 9 aliphatic carbocycles. The highest BCUT2D eigenvalue weighted by molar-refractivity contribution is 5.88. The molecule has 5 unspecified atom stereocenters. The first kappa shape index (κ1) is 34.5. The molecule has 0 amide bonds. The topological polar surface area (TPSA) is 17.4 Å². The fourth-order valence-electron chi connectivity index (χ4n) is 12.2. The molecular formula is C55H52N2O. The van der Waals surface area contributed by atoms with E-state index >= 15 is 0 Å². The molecule has 0 saturated carbocycles. The van der Waals surface area contributed by atoms with Crippen molar-refractivity contribution < 1.29 is 4.74 Å². The van der Waals surface area contributed by atoms with Gasteiger partial charge in [0.05, 0.1) is 22.8 Å². The fourth-order valence-corrected chi connectivity index (χ4v) is 12.2. The van der Waals surface area contributed by atoms with Gasteiger partial charge in [0.2, 0.25) is 0 Å². The minimum absolute atomic E-state index is 0.0343. The smallest absolute Gasteiger partial charge is 0.126 e. The van der Waals surface area contributed by atoms with Crippen molar-refractivity contribution in [3.05, 3.63) is 194 Å². The lowest BCUT2D eigenvalue weighted by Gasteiger charge is -2.49. The van der Waals surface area contributed by atoms with Crippen LogP contribution in [0.2, 0.25) is 0 Å². The number of aromatic nitrogens is 1. The zero-order valence-electron chi connectivity index (χ0n) is 33.5. The number of fused-ring (bicyclic) bond motifs is 10. The first-order valence-electron chi connectivity index (χ1n) is 22.2. The lowest BCUT2D eigenvalue weighted by atomic mass is 9.58. The van der Waals surface area contributed by atoms with Crippen molar-refractivity contribution in [2.45, 2.75) is 101 Å². The van der Waals surface area contributed by atoms with Crippen LogP contribution in [-0.2, 0) is 16.6 Å². The van der Waals surface area contributed by atoms with Gasteiger partial charge in [-0.05, 0) is 134 Å². The summed E-state index contributed by atoms with van der Waals surface area (Å²) in [7, 11) is 0. The maximum absolute atomic E-state index is 7.21.